The summed E-state index contributed by atoms with van der Waals surface area (Å²) in [7, 11) is 0. The van der Waals surface area contributed by atoms with Crippen LogP contribution in [0, 0.1) is 20.8 Å². The Balaban J connectivity index is 1.80. The molecule has 27 heavy (non-hydrogen) atoms. The zero-order chi connectivity index (χ0) is 19.6. The summed E-state index contributed by atoms with van der Waals surface area (Å²) < 4.78 is 1.56. The first-order valence-corrected chi connectivity index (χ1v) is 10.4. The molecule has 0 saturated heterocycles. The third-order valence-corrected chi connectivity index (χ3v) is 5.92. The quantitative estimate of drug-likeness (QED) is 0.381. The molecule has 0 atom stereocenters. The summed E-state index contributed by atoms with van der Waals surface area (Å²) in [6, 6.07) is 5.87. The average Bonchev–Trinajstić information content (AvgIpc) is 3.08. The Morgan fingerprint density at radius 2 is 2.04 bits per heavy atom. The van der Waals surface area contributed by atoms with E-state index in [0.29, 0.717) is 21.9 Å². The van der Waals surface area contributed by atoms with Gasteiger partial charge in [-0.25, -0.2) is 4.98 Å². The Morgan fingerprint density at radius 3 is 2.70 bits per heavy atom. The van der Waals surface area contributed by atoms with Gasteiger partial charge in [-0.1, -0.05) is 35.5 Å². The first-order valence-electron chi connectivity index (χ1n) is 8.50. The average molecular weight is 400 g/mol. The third-order valence-electron chi connectivity index (χ3n) is 4.13. The summed E-state index contributed by atoms with van der Waals surface area (Å²) in [5.74, 6) is 0.0495. The second-order valence-electron chi connectivity index (χ2n) is 6.35. The zero-order valence-electron chi connectivity index (χ0n) is 15.5. The van der Waals surface area contributed by atoms with Crippen LogP contribution in [0.5, 0.6) is 0 Å². The number of aryl methyl sites for hydroxylation is 3. The largest absolute Gasteiger partial charge is 0.325 e. The molecule has 5 nitrogen and oxygen atoms in total. The number of aromatic nitrogens is 2. The van der Waals surface area contributed by atoms with Crippen LogP contribution in [0.4, 0.5) is 5.69 Å². The van der Waals surface area contributed by atoms with Crippen molar-refractivity contribution in [3.63, 3.8) is 0 Å². The van der Waals surface area contributed by atoms with Crippen molar-refractivity contribution in [3.8, 4) is 0 Å². The number of carbonyl (C=O) groups is 1. The van der Waals surface area contributed by atoms with Gasteiger partial charge in [0.05, 0.1) is 11.1 Å². The topological polar surface area (TPSA) is 64.0 Å². The number of carbonyl (C=O) groups excluding carboxylic acids is 1. The van der Waals surface area contributed by atoms with Gasteiger partial charge in [-0.3, -0.25) is 14.2 Å². The fourth-order valence-electron chi connectivity index (χ4n) is 3.01. The van der Waals surface area contributed by atoms with Crippen LogP contribution in [0.25, 0.3) is 10.2 Å². The predicted molar refractivity (Wildman–Crippen MR) is 114 cm³/mol. The molecule has 0 radical (unpaired) electrons. The number of anilines is 1. The molecule has 3 aromatic rings. The normalized spacial score (nSPS) is 10.9. The van der Waals surface area contributed by atoms with Gasteiger partial charge in [0, 0.05) is 12.2 Å². The summed E-state index contributed by atoms with van der Waals surface area (Å²) in [6.45, 7) is 10.1. The molecule has 1 N–H and O–H groups in total. The van der Waals surface area contributed by atoms with Gasteiger partial charge in [0.25, 0.3) is 5.56 Å². The van der Waals surface area contributed by atoms with Crippen molar-refractivity contribution in [1.82, 2.24) is 9.55 Å². The SMILES string of the molecule is C=CCn1c(SCC(=O)Nc2c(C)cc(C)cc2C)nc2sccc2c1=O. The van der Waals surface area contributed by atoms with E-state index >= 15 is 0 Å². The molecule has 7 heteroatoms. The van der Waals surface area contributed by atoms with Crippen LogP contribution < -0.4 is 10.9 Å². The maximum Gasteiger partial charge on any atom is 0.263 e. The number of thioether (sulfide) groups is 1. The molecule has 1 aromatic carbocycles. The van der Waals surface area contributed by atoms with E-state index in [9.17, 15) is 9.59 Å². The molecule has 0 unspecified atom stereocenters. The fourth-order valence-corrected chi connectivity index (χ4v) is 4.63. The van der Waals surface area contributed by atoms with Crippen LogP contribution in [0.3, 0.4) is 0 Å². The number of allylic oxidation sites excluding steroid dienone is 1. The molecule has 1 amide bonds. The Labute approximate surface area is 166 Å². The Hall–Kier alpha value is -2.38. The van der Waals surface area contributed by atoms with Gasteiger partial charge in [0.15, 0.2) is 5.16 Å². The van der Waals surface area contributed by atoms with Crippen LogP contribution in [0.1, 0.15) is 16.7 Å². The molecule has 2 heterocycles. The molecular formula is C20H21N3O2S2. The van der Waals surface area contributed by atoms with E-state index in [4.69, 9.17) is 0 Å². The Bertz CT molecular complexity index is 1060. The maximum absolute atomic E-state index is 12.6. The van der Waals surface area contributed by atoms with E-state index in [1.807, 2.05) is 38.3 Å². The van der Waals surface area contributed by atoms with Gasteiger partial charge in [-0.05, 0) is 43.3 Å². The monoisotopic (exact) mass is 399 g/mol. The minimum atomic E-state index is -0.124. The number of benzene rings is 1. The number of rotatable bonds is 6. The highest BCUT2D eigenvalue weighted by atomic mass is 32.2. The van der Waals surface area contributed by atoms with Gasteiger partial charge in [-0.2, -0.15) is 0 Å². The first-order chi connectivity index (χ1) is 12.9. The summed E-state index contributed by atoms with van der Waals surface area (Å²) in [5.41, 5.74) is 3.98. The second-order valence-corrected chi connectivity index (χ2v) is 8.19. The van der Waals surface area contributed by atoms with Gasteiger partial charge in [0.2, 0.25) is 5.91 Å². The molecule has 0 aliphatic carbocycles. The maximum atomic E-state index is 12.6. The van der Waals surface area contributed by atoms with Crippen LogP contribution in [-0.4, -0.2) is 21.2 Å². The van der Waals surface area contributed by atoms with E-state index in [-0.39, 0.29) is 17.2 Å². The van der Waals surface area contributed by atoms with Gasteiger partial charge >= 0.3 is 0 Å². The third kappa shape index (κ3) is 4.14. The fraction of sp³-hybridized carbons (Fsp3) is 0.250. The van der Waals surface area contributed by atoms with Crippen molar-refractivity contribution in [2.75, 3.05) is 11.1 Å². The molecular weight excluding hydrogens is 378 g/mol. The summed E-state index contributed by atoms with van der Waals surface area (Å²) in [5, 5.41) is 5.96. The smallest absolute Gasteiger partial charge is 0.263 e. The number of hydrogen-bond acceptors (Lipinski definition) is 5. The van der Waals surface area contributed by atoms with E-state index in [1.165, 1.54) is 28.7 Å². The molecule has 0 aliphatic heterocycles. The second kappa shape index (κ2) is 8.10. The summed E-state index contributed by atoms with van der Waals surface area (Å²) >= 11 is 2.68. The van der Waals surface area contributed by atoms with Crippen molar-refractivity contribution >= 4 is 44.9 Å². The number of hydrogen-bond donors (Lipinski definition) is 1. The molecule has 0 bridgehead atoms. The summed E-state index contributed by atoms with van der Waals surface area (Å²) in [4.78, 5) is 30.3. The minimum absolute atomic E-state index is 0.103. The minimum Gasteiger partial charge on any atom is -0.325 e. The van der Waals surface area contributed by atoms with E-state index < -0.39 is 0 Å². The highest BCUT2D eigenvalue weighted by molar-refractivity contribution is 7.99. The zero-order valence-corrected chi connectivity index (χ0v) is 17.2. The number of nitrogens with one attached hydrogen (secondary N) is 1. The van der Waals surface area contributed by atoms with Crippen LogP contribution >= 0.6 is 23.1 Å². The Morgan fingerprint density at radius 1 is 1.33 bits per heavy atom. The molecule has 0 fully saturated rings. The van der Waals surface area contributed by atoms with Crippen molar-refractivity contribution < 1.29 is 4.79 Å². The van der Waals surface area contributed by atoms with E-state index in [2.05, 4.69) is 16.9 Å². The molecule has 140 valence electrons. The van der Waals surface area contributed by atoms with Crippen molar-refractivity contribution in [2.24, 2.45) is 0 Å². The highest BCUT2D eigenvalue weighted by Crippen LogP contribution is 2.24. The van der Waals surface area contributed by atoms with Crippen LogP contribution in [-0.2, 0) is 11.3 Å². The van der Waals surface area contributed by atoms with Gasteiger partial charge in [-0.15, -0.1) is 17.9 Å². The van der Waals surface area contributed by atoms with E-state index in [1.54, 1.807) is 16.7 Å². The standard InChI is InChI=1S/C20H21N3O2S2/c1-5-7-23-19(25)15-6-8-26-18(15)22-20(23)27-11-16(24)21-17-13(3)9-12(2)10-14(17)4/h5-6,8-10H,1,7,11H2,2-4H3,(H,21,24). The molecule has 0 spiro atoms. The van der Waals surface area contributed by atoms with Gasteiger partial charge < -0.3 is 5.32 Å². The van der Waals surface area contributed by atoms with Crippen molar-refractivity contribution in [1.29, 1.82) is 0 Å². The lowest BCUT2D eigenvalue weighted by atomic mass is 10.1. The molecule has 0 aliphatic rings. The van der Waals surface area contributed by atoms with Crippen LogP contribution in [0.2, 0.25) is 0 Å². The number of amides is 1. The molecule has 2 aromatic heterocycles. The lowest BCUT2D eigenvalue weighted by Crippen LogP contribution is -2.23. The summed E-state index contributed by atoms with van der Waals surface area (Å²) in [6.07, 6.45) is 1.66. The van der Waals surface area contributed by atoms with Crippen molar-refractivity contribution in [2.45, 2.75) is 32.5 Å². The molecule has 0 saturated carbocycles. The Kier molecular flexibility index (Phi) is 5.82. The number of nitrogens with zero attached hydrogens (tertiary/aromatic N) is 2. The van der Waals surface area contributed by atoms with E-state index in [0.717, 1.165) is 16.8 Å². The molecule has 3 rings (SSSR count). The predicted octanol–water partition coefficient (Wildman–Crippen LogP) is 4.30. The number of thiophene rings is 1. The highest BCUT2D eigenvalue weighted by Gasteiger charge is 2.14. The van der Waals surface area contributed by atoms with Gasteiger partial charge in [0.1, 0.15) is 4.83 Å². The first kappa shape index (κ1) is 19.4. The lowest BCUT2D eigenvalue weighted by Gasteiger charge is -2.13. The van der Waals surface area contributed by atoms with Crippen LogP contribution in [0.15, 0.2) is 46.2 Å². The lowest BCUT2D eigenvalue weighted by molar-refractivity contribution is -0.113. The van der Waals surface area contributed by atoms with Crippen molar-refractivity contribution in [3.05, 3.63) is 63.3 Å². The number of fused-ring (bicyclic) bond motifs is 1.